The Labute approximate surface area is 85.3 Å². The van der Waals surface area contributed by atoms with Crippen LogP contribution in [0.3, 0.4) is 0 Å². The zero-order chi connectivity index (χ0) is 11.3. The van der Waals surface area contributed by atoms with Crippen molar-refractivity contribution in [3.05, 3.63) is 18.3 Å². The van der Waals surface area contributed by atoms with Crippen LogP contribution in [0.2, 0.25) is 0 Å². The molecule has 6 heteroatoms. The van der Waals surface area contributed by atoms with Gasteiger partial charge in [-0.05, 0) is 6.07 Å². The van der Waals surface area contributed by atoms with Gasteiger partial charge in [0.2, 0.25) is 5.88 Å². The van der Waals surface area contributed by atoms with Crippen molar-refractivity contribution in [1.29, 1.82) is 0 Å². The molecule has 0 aromatic carbocycles. The molecule has 0 fully saturated rings. The molecule has 1 rings (SSSR count). The standard InChI is InChI=1S/C9H11F3N2O/c1-15-8-3-2-7(6-14-8)13-5-4-9(10,11)12/h2-3,6,13H,4-5H2,1H3. The highest BCUT2D eigenvalue weighted by molar-refractivity contribution is 5.41. The first-order chi connectivity index (χ1) is 7.01. The lowest BCUT2D eigenvalue weighted by Crippen LogP contribution is -2.14. The summed E-state index contributed by atoms with van der Waals surface area (Å²) < 4.78 is 40.2. The largest absolute Gasteiger partial charge is 0.481 e. The second kappa shape index (κ2) is 4.86. The lowest BCUT2D eigenvalue weighted by molar-refractivity contribution is -0.131. The van der Waals surface area contributed by atoms with E-state index in [4.69, 9.17) is 4.74 Å². The number of ether oxygens (including phenoxy) is 1. The molecule has 0 amide bonds. The zero-order valence-electron chi connectivity index (χ0n) is 8.14. The van der Waals surface area contributed by atoms with Crippen LogP contribution < -0.4 is 10.1 Å². The van der Waals surface area contributed by atoms with Gasteiger partial charge in [0, 0.05) is 12.6 Å². The van der Waals surface area contributed by atoms with E-state index in [2.05, 4.69) is 10.3 Å². The summed E-state index contributed by atoms with van der Waals surface area (Å²) >= 11 is 0. The molecule has 0 radical (unpaired) electrons. The van der Waals surface area contributed by atoms with Crippen molar-refractivity contribution in [3.8, 4) is 5.88 Å². The maximum Gasteiger partial charge on any atom is 0.390 e. The number of hydrogen-bond acceptors (Lipinski definition) is 3. The number of hydrogen-bond donors (Lipinski definition) is 1. The lowest BCUT2D eigenvalue weighted by atomic mass is 10.3. The van der Waals surface area contributed by atoms with Gasteiger partial charge in [-0.2, -0.15) is 13.2 Å². The fourth-order valence-corrected chi connectivity index (χ4v) is 0.954. The minimum Gasteiger partial charge on any atom is -0.481 e. The molecular formula is C9H11F3N2O. The van der Waals surface area contributed by atoms with Crippen molar-refractivity contribution in [2.24, 2.45) is 0 Å². The summed E-state index contributed by atoms with van der Waals surface area (Å²) in [6.07, 6.45) is -3.57. The number of aromatic nitrogens is 1. The summed E-state index contributed by atoms with van der Waals surface area (Å²) in [5.41, 5.74) is 0.542. The Hall–Kier alpha value is -1.46. The first-order valence-corrected chi connectivity index (χ1v) is 4.32. The molecule has 0 aliphatic rings. The van der Waals surface area contributed by atoms with E-state index in [0.29, 0.717) is 11.6 Å². The number of pyridine rings is 1. The topological polar surface area (TPSA) is 34.1 Å². The Morgan fingerprint density at radius 1 is 1.40 bits per heavy atom. The molecule has 1 N–H and O–H groups in total. The average molecular weight is 220 g/mol. The van der Waals surface area contributed by atoms with Gasteiger partial charge in [0.25, 0.3) is 0 Å². The van der Waals surface area contributed by atoms with Gasteiger partial charge in [0.15, 0.2) is 0 Å². The van der Waals surface area contributed by atoms with Crippen molar-refractivity contribution in [2.45, 2.75) is 12.6 Å². The summed E-state index contributed by atoms with van der Waals surface area (Å²) in [5, 5.41) is 2.61. The van der Waals surface area contributed by atoms with Gasteiger partial charge in [-0.15, -0.1) is 0 Å². The van der Waals surface area contributed by atoms with E-state index in [9.17, 15) is 13.2 Å². The smallest absolute Gasteiger partial charge is 0.390 e. The van der Waals surface area contributed by atoms with Gasteiger partial charge in [0.05, 0.1) is 25.4 Å². The summed E-state index contributed by atoms with van der Waals surface area (Å²) in [7, 11) is 1.47. The van der Waals surface area contributed by atoms with Crippen LogP contribution in [0.25, 0.3) is 0 Å². The molecule has 0 saturated heterocycles. The normalized spacial score (nSPS) is 11.2. The van der Waals surface area contributed by atoms with Crippen LogP contribution in [-0.2, 0) is 0 Å². The average Bonchev–Trinajstić information content (AvgIpc) is 2.17. The van der Waals surface area contributed by atoms with Gasteiger partial charge >= 0.3 is 6.18 Å². The van der Waals surface area contributed by atoms with Gasteiger partial charge in [-0.1, -0.05) is 0 Å². The van der Waals surface area contributed by atoms with Crippen molar-refractivity contribution in [2.75, 3.05) is 19.0 Å². The van der Waals surface area contributed by atoms with E-state index in [0.717, 1.165) is 0 Å². The second-order valence-corrected chi connectivity index (χ2v) is 2.88. The molecule has 3 nitrogen and oxygen atoms in total. The third kappa shape index (κ3) is 4.53. The number of anilines is 1. The molecular weight excluding hydrogens is 209 g/mol. The van der Waals surface area contributed by atoms with Crippen molar-refractivity contribution in [3.63, 3.8) is 0 Å². The van der Waals surface area contributed by atoms with Crippen molar-refractivity contribution in [1.82, 2.24) is 4.98 Å². The molecule has 1 aromatic heterocycles. The predicted molar refractivity (Wildman–Crippen MR) is 50.0 cm³/mol. The van der Waals surface area contributed by atoms with E-state index < -0.39 is 12.6 Å². The Morgan fingerprint density at radius 2 is 2.13 bits per heavy atom. The van der Waals surface area contributed by atoms with Crippen LogP contribution in [0.5, 0.6) is 5.88 Å². The van der Waals surface area contributed by atoms with Crippen molar-refractivity contribution >= 4 is 5.69 Å². The molecule has 15 heavy (non-hydrogen) atoms. The third-order valence-corrected chi connectivity index (χ3v) is 1.68. The van der Waals surface area contributed by atoms with Crippen LogP contribution in [0.15, 0.2) is 18.3 Å². The monoisotopic (exact) mass is 220 g/mol. The number of nitrogens with zero attached hydrogens (tertiary/aromatic N) is 1. The van der Waals surface area contributed by atoms with Crippen LogP contribution in [0, 0.1) is 0 Å². The first kappa shape index (κ1) is 11.6. The maximum absolute atomic E-state index is 11.8. The highest BCUT2D eigenvalue weighted by Gasteiger charge is 2.25. The molecule has 1 aromatic rings. The Balaban J connectivity index is 2.38. The molecule has 0 spiro atoms. The van der Waals surface area contributed by atoms with Crippen LogP contribution in [0.4, 0.5) is 18.9 Å². The van der Waals surface area contributed by atoms with E-state index >= 15 is 0 Å². The number of nitrogens with one attached hydrogen (secondary N) is 1. The highest BCUT2D eigenvalue weighted by Crippen LogP contribution is 2.19. The van der Waals surface area contributed by atoms with Crippen molar-refractivity contribution < 1.29 is 17.9 Å². The summed E-state index contributed by atoms with van der Waals surface area (Å²) in [4.78, 5) is 3.85. The van der Waals surface area contributed by atoms with E-state index in [1.165, 1.54) is 13.3 Å². The highest BCUT2D eigenvalue weighted by atomic mass is 19.4. The number of halogens is 3. The Kier molecular flexibility index (Phi) is 3.76. The molecule has 1 heterocycles. The molecule has 0 saturated carbocycles. The fourth-order valence-electron chi connectivity index (χ4n) is 0.954. The number of rotatable bonds is 4. The lowest BCUT2D eigenvalue weighted by Gasteiger charge is -2.08. The summed E-state index contributed by atoms with van der Waals surface area (Å²) in [6.45, 7) is -0.155. The van der Waals surface area contributed by atoms with E-state index in [1.807, 2.05) is 0 Å². The SMILES string of the molecule is COc1ccc(NCCC(F)(F)F)cn1. The molecule has 0 unspecified atom stereocenters. The first-order valence-electron chi connectivity index (χ1n) is 4.32. The van der Waals surface area contributed by atoms with E-state index in [1.54, 1.807) is 12.1 Å². The Bertz CT molecular complexity index is 297. The molecule has 0 aliphatic heterocycles. The van der Waals surface area contributed by atoms with Gasteiger partial charge < -0.3 is 10.1 Å². The van der Waals surface area contributed by atoms with Crippen LogP contribution >= 0.6 is 0 Å². The minimum atomic E-state index is -4.13. The quantitative estimate of drug-likeness (QED) is 0.846. The molecule has 84 valence electrons. The predicted octanol–water partition coefficient (Wildman–Crippen LogP) is 2.45. The molecule has 0 atom stereocenters. The third-order valence-electron chi connectivity index (χ3n) is 1.68. The van der Waals surface area contributed by atoms with E-state index in [-0.39, 0.29) is 6.54 Å². The zero-order valence-corrected chi connectivity index (χ0v) is 8.14. The molecule has 0 aliphatic carbocycles. The number of methoxy groups -OCH3 is 1. The summed E-state index contributed by atoms with van der Waals surface area (Å²) in [6, 6.07) is 3.19. The summed E-state index contributed by atoms with van der Waals surface area (Å²) in [5.74, 6) is 0.427. The second-order valence-electron chi connectivity index (χ2n) is 2.88. The minimum absolute atomic E-state index is 0.155. The van der Waals surface area contributed by atoms with Crippen LogP contribution in [0.1, 0.15) is 6.42 Å². The maximum atomic E-state index is 11.8. The number of alkyl halides is 3. The fraction of sp³-hybridized carbons (Fsp3) is 0.444. The van der Waals surface area contributed by atoms with Gasteiger partial charge in [-0.25, -0.2) is 4.98 Å². The van der Waals surface area contributed by atoms with Crippen LogP contribution in [-0.4, -0.2) is 24.8 Å². The van der Waals surface area contributed by atoms with Gasteiger partial charge in [-0.3, -0.25) is 0 Å². The molecule has 0 bridgehead atoms. The Morgan fingerprint density at radius 3 is 2.60 bits per heavy atom. The van der Waals surface area contributed by atoms with Gasteiger partial charge in [0.1, 0.15) is 0 Å².